The number of ketones is 1. The lowest BCUT2D eigenvalue weighted by atomic mass is 9.59. The van der Waals surface area contributed by atoms with Crippen LogP contribution < -0.4 is 0 Å². The van der Waals surface area contributed by atoms with Gasteiger partial charge in [-0.3, -0.25) is 4.79 Å². The fraction of sp³-hybridized carbons (Fsp3) is 0.667. The van der Waals surface area contributed by atoms with E-state index in [2.05, 4.69) is 20.8 Å². The largest absolute Gasteiger partial charge is 0.451 e. The molecule has 1 spiro atoms. The highest BCUT2D eigenvalue weighted by Gasteiger charge is 2.76. The zero-order valence-corrected chi connectivity index (χ0v) is 22.1. The number of ether oxygens (including phenoxy) is 1. The van der Waals surface area contributed by atoms with E-state index in [-0.39, 0.29) is 29.0 Å². The molecule has 2 bridgehead atoms. The van der Waals surface area contributed by atoms with Crippen LogP contribution in [0.1, 0.15) is 73.6 Å². The van der Waals surface area contributed by atoms with E-state index >= 15 is 0 Å². The summed E-state index contributed by atoms with van der Waals surface area (Å²) >= 11 is 0. The summed E-state index contributed by atoms with van der Waals surface area (Å²) < 4.78 is 5.80. The summed E-state index contributed by atoms with van der Waals surface area (Å²) in [4.78, 5) is 27.0. The van der Waals surface area contributed by atoms with Crippen LogP contribution in [0.4, 0.5) is 0 Å². The number of fused-ring (bicyclic) bond motifs is 3. The summed E-state index contributed by atoms with van der Waals surface area (Å²) in [5, 5.41) is 23.8. The van der Waals surface area contributed by atoms with Crippen molar-refractivity contribution in [2.24, 2.45) is 34.5 Å². The van der Waals surface area contributed by atoms with Crippen LogP contribution in [-0.4, -0.2) is 39.8 Å². The van der Waals surface area contributed by atoms with Gasteiger partial charge in [0.05, 0.1) is 5.41 Å². The van der Waals surface area contributed by atoms with Crippen molar-refractivity contribution in [1.82, 2.24) is 0 Å². The molecule has 0 aromatic heterocycles. The number of hydrogen-bond donors (Lipinski definition) is 2. The molecule has 0 amide bonds. The smallest absolute Gasteiger partial charge is 0.331 e. The van der Waals surface area contributed by atoms with Gasteiger partial charge in [0.2, 0.25) is 0 Å². The van der Waals surface area contributed by atoms with Crippen molar-refractivity contribution in [1.29, 1.82) is 0 Å². The lowest BCUT2D eigenvalue weighted by Gasteiger charge is -2.48. The summed E-state index contributed by atoms with van der Waals surface area (Å²) in [6.45, 7) is 12.1. The van der Waals surface area contributed by atoms with Crippen LogP contribution in [0.3, 0.4) is 0 Å². The highest BCUT2D eigenvalue weighted by atomic mass is 16.6. The molecular weight excluding hydrogens is 440 g/mol. The fourth-order valence-corrected chi connectivity index (χ4v) is 7.55. The molecule has 4 aliphatic rings. The van der Waals surface area contributed by atoms with Crippen LogP contribution in [0.2, 0.25) is 0 Å². The molecular formula is C30H42O5. The van der Waals surface area contributed by atoms with Crippen LogP contribution >= 0.6 is 0 Å². The summed E-state index contributed by atoms with van der Waals surface area (Å²) in [5.74, 6) is -0.627. The molecule has 0 aromatic rings. The zero-order chi connectivity index (χ0) is 25.8. The van der Waals surface area contributed by atoms with E-state index in [9.17, 15) is 19.8 Å². The number of unbranched alkanes of at least 4 members (excludes halogenated alkanes) is 3. The standard InChI is InChI=1S/C30H42O5/c1-7-8-9-10-11-12-13-14-23(31)35-27-19(3)17-29-20(4)16-22-24(28(22,5)6)21(26(29)33)15-18(2)25(32)30(27,29)34/h11-15,17,20-22,24-25,27,32,34H,7-10,16H2,1-6H3/b12-11+,14-13+. The van der Waals surface area contributed by atoms with Crippen LogP contribution in [0, 0.1) is 34.5 Å². The minimum absolute atomic E-state index is 0.0510. The van der Waals surface area contributed by atoms with E-state index in [0.717, 1.165) is 25.7 Å². The molecule has 8 unspecified atom stereocenters. The minimum atomic E-state index is -1.94. The quantitative estimate of drug-likeness (QED) is 0.174. The van der Waals surface area contributed by atoms with Gasteiger partial charge in [-0.25, -0.2) is 4.79 Å². The third-order valence-electron chi connectivity index (χ3n) is 9.53. The summed E-state index contributed by atoms with van der Waals surface area (Å²) in [7, 11) is 0. The molecule has 2 fully saturated rings. The first-order chi connectivity index (χ1) is 16.4. The third-order valence-corrected chi connectivity index (χ3v) is 9.53. The molecule has 0 aliphatic heterocycles. The summed E-state index contributed by atoms with van der Waals surface area (Å²) in [6, 6.07) is 0. The maximum absolute atomic E-state index is 14.3. The molecule has 2 N–H and O–H groups in total. The molecule has 4 rings (SSSR count). The highest BCUT2D eigenvalue weighted by molar-refractivity contribution is 5.95. The minimum Gasteiger partial charge on any atom is -0.451 e. The molecule has 0 heterocycles. The van der Waals surface area contributed by atoms with Crippen molar-refractivity contribution in [2.75, 3.05) is 0 Å². The Labute approximate surface area is 210 Å². The third kappa shape index (κ3) is 3.81. The first-order valence-corrected chi connectivity index (χ1v) is 13.3. The Morgan fingerprint density at radius 3 is 2.60 bits per heavy atom. The Balaban J connectivity index is 1.63. The number of rotatable bonds is 7. The maximum atomic E-state index is 14.3. The second kappa shape index (κ2) is 9.15. The second-order valence-corrected chi connectivity index (χ2v) is 12.0. The Kier molecular flexibility index (Phi) is 6.82. The van der Waals surface area contributed by atoms with Crippen molar-refractivity contribution in [2.45, 2.75) is 91.5 Å². The number of allylic oxidation sites excluding steroid dienone is 4. The van der Waals surface area contributed by atoms with Crippen molar-refractivity contribution < 1.29 is 24.5 Å². The average Bonchev–Trinajstić information content (AvgIpc) is 3.29. The van der Waals surface area contributed by atoms with Crippen LogP contribution in [0.15, 0.2) is 47.6 Å². The molecule has 5 heteroatoms. The highest BCUT2D eigenvalue weighted by Crippen LogP contribution is 2.71. The number of hydrogen-bond acceptors (Lipinski definition) is 5. The monoisotopic (exact) mass is 482 g/mol. The van der Waals surface area contributed by atoms with Gasteiger partial charge in [-0.2, -0.15) is 0 Å². The molecule has 35 heavy (non-hydrogen) atoms. The van der Waals surface area contributed by atoms with Crippen LogP contribution in [0.25, 0.3) is 0 Å². The number of esters is 1. The van der Waals surface area contributed by atoms with Crippen molar-refractivity contribution >= 4 is 11.8 Å². The Bertz CT molecular complexity index is 1000. The Hall–Kier alpha value is -1.98. The predicted octanol–water partition coefficient (Wildman–Crippen LogP) is 5.09. The van der Waals surface area contributed by atoms with Crippen molar-refractivity contribution in [3.8, 4) is 0 Å². The van der Waals surface area contributed by atoms with Gasteiger partial charge in [0.1, 0.15) is 6.10 Å². The normalized spacial score (nSPS) is 41.7. The Morgan fingerprint density at radius 1 is 1.20 bits per heavy atom. The Morgan fingerprint density at radius 2 is 1.91 bits per heavy atom. The van der Waals surface area contributed by atoms with E-state index in [1.165, 1.54) is 12.5 Å². The zero-order valence-electron chi connectivity index (χ0n) is 22.1. The number of aliphatic hydroxyl groups is 2. The van der Waals surface area contributed by atoms with E-state index in [1.54, 1.807) is 19.9 Å². The molecule has 192 valence electrons. The van der Waals surface area contributed by atoms with Gasteiger partial charge in [-0.05, 0) is 67.4 Å². The number of Topliss-reactive ketones (excluding diaryl/α,β-unsaturated/α-hetero) is 1. The van der Waals surface area contributed by atoms with Gasteiger partial charge in [0.15, 0.2) is 17.5 Å². The molecule has 2 saturated carbocycles. The summed E-state index contributed by atoms with van der Waals surface area (Å²) in [5.41, 5.74) is -2.00. The van der Waals surface area contributed by atoms with E-state index < -0.39 is 29.2 Å². The molecule has 0 radical (unpaired) electrons. The number of aliphatic hydroxyl groups excluding tert-OH is 1. The van der Waals surface area contributed by atoms with Crippen molar-refractivity contribution in [3.05, 3.63) is 47.6 Å². The van der Waals surface area contributed by atoms with E-state index in [0.29, 0.717) is 17.1 Å². The molecule has 5 nitrogen and oxygen atoms in total. The van der Waals surface area contributed by atoms with Gasteiger partial charge < -0.3 is 14.9 Å². The van der Waals surface area contributed by atoms with Gasteiger partial charge in [-0.1, -0.05) is 70.9 Å². The lowest BCUT2D eigenvalue weighted by molar-refractivity contribution is -0.200. The van der Waals surface area contributed by atoms with Crippen molar-refractivity contribution in [3.63, 3.8) is 0 Å². The average molecular weight is 483 g/mol. The van der Waals surface area contributed by atoms with Crippen LogP contribution in [0.5, 0.6) is 0 Å². The second-order valence-electron chi connectivity index (χ2n) is 12.0. The van der Waals surface area contributed by atoms with Crippen LogP contribution in [-0.2, 0) is 14.3 Å². The molecule has 0 saturated heterocycles. The van der Waals surface area contributed by atoms with E-state index in [1.807, 2.05) is 31.2 Å². The number of carbonyl (C=O) groups is 2. The predicted molar refractivity (Wildman–Crippen MR) is 136 cm³/mol. The van der Waals surface area contributed by atoms with Gasteiger partial charge in [0.25, 0.3) is 0 Å². The number of carbonyl (C=O) groups excluding carboxylic acids is 2. The first-order valence-electron chi connectivity index (χ1n) is 13.3. The molecule has 8 atom stereocenters. The molecule has 0 aromatic carbocycles. The molecule has 4 aliphatic carbocycles. The fourth-order valence-electron chi connectivity index (χ4n) is 7.55. The topological polar surface area (TPSA) is 83.8 Å². The van der Waals surface area contributed by atoms with Gasteiger partial charge in [0, 0.05) is 12.0 Å². The lowest BCUT2D eigenvalue weighted by Crippen LogP contribution is -2.65. The SMILES string of the molecule is CCCCC/C=C/C=C/C(=O)OC1C(C)=CC23C(=O)C(C=C(C)C(O)C12O)C1C(CC3C)C1(C)C. The van der Waals surface area contributed by atoms with E-state index in [4.69, 9.17) is 4.74 Å². The first kappa shape index (κ1) is 26.1. The maximum Gasteiger partial charge on any atom is 0.331 e. The van der Waals surface area contributed by atoms with Gasteiger partial charge in [-0.15, -0.1) is 0 Å². The van der Waals surface area contributed by atoms with Gasteiger partial charge >= 0.3 is 5.97 Å². The summed E-state index contributed by atoms with van der Waals surface area (Å²) in [6.07, 6.45) is 13.3.